The van der Waals surface area contributed by atoms with Crippen LogP contribution in [-0.2, 0) is 4.79 Å². The highest BCUT2D eigenvalue weighted by molar-refractivity contribution is 5.95. The van der Waals surface area contributed by atoms with Gasteiger partial charge >= 0.3 is 0 Å². The van der Waals surface area contributed by atoms with Crippen LogP contribution in [-0.4, -0.2) is 41.9 Å². The number of nitrogens with one attached hydrogen (secondary N) is 3. The summed E-state index contributed by atoms with van der Waals surface area (Å²) in [5, 5.41) is 18.2. The zero-order valence-corrected chi connectivity index (χ0v) is 12.5. The number of allylic oxidation sites excluding steroid dienone is 1. The Labute approximate surface area is 119 Å². The van der Waals surface area contributed by atoms with Crippen molar-refractivity contribution < 1.29 is 14.3 Å². The zero-order valence-electron chi connectivity index (χ0n) is 12.5. The molecule has 5 nitrogen and oxygen atoms in total. The van der Waals surface area contributed by atoms with Crippen molar-refractivity contribution in [3.63, 3.8) is 0 Å². The Morgan fingerprint density at radius 1 is 1.55 bits per heavy atom. The highest BCUT2D eigenvalue weighted by Crippen LogP contribution is 2.12. The Balaban J connectivity index is 2.69. The molecule has 1 atom stereocenters. The number of hydrogen-bond donors (Lipinski definition) is 4. The summed E-state index contributed by atoms with van der Waals surface area (Å²) < 4.78 is 13.6. The first-order valence-corrected chi connectivity index (χ1v) is 6.76. The normalized spacial score (nSPS) is 16.9. The summed E-state index contributed by atoms with van der Waals surface area (Å²) in [5.41, 5.74) is -0.204. The number of carbonyl (C=O) groups excluding carboxylic acids is 1. The molecule has 1 heterocycles. The second-order valence-electron chi connectivity index (χ2n) is 5.74. The van der Waals surface area contributed by atoms with Gasteiger partial charge in [-0.3, -0.25) is 4.79 Å². The van der Waals surface area contributed by atoms with Crippen LogP contribution in [0.1, 0.15) is 27.7 Å². The molecular weight excluding hydrogens is 261 g/mol. The largest absolute Gasteiger partial charge is 0.387 e. The van der Waals surface area contributed by atoms with Crippen LogP contribution in [0.3, 0.4) is 0 Å². The van der Waals surface area contributed by atoms with Crippen molar-refractivity contribution in [3.8, 4) is 0 Å². The van der Waals surface area contributed by atoms with Gasteiger partial charge in [0.25, 0.3) is 5.91 Å². The molecule has 0 aromatic carbocycles. The van der Waals surface area contributed by atoms with Gasteiger partial charge in [0.1, 0.15) is 6.17 Å². The van der Waals surface area contributed by atoms with Crippen LogP contribution in [0.5, 0.6) is 0 Å². The maximum atomic E-state index is 13.6. The van der Waals surface area contributed by atoms with E-state index in [1.807, 2.05) is 13.8 Å². The highest BCUT2D eigenvalue weighted by Gasteiger charge is 2.27. The third kappa shape index (κ3) is 4.85. The lowest BCUT2D eigenvalue weighted by Crippen LogP contribution is -2.44. The third-order valence-corrected chi connectivity index (χ3v) is 2.90. The SMILES string of the molecule is CC(C)NC1=C(C(=O)NCC(F)C(C)(C)O)CNC=C1. The van der Waals surface area contributed by atoms with Crippen LogP contribution >= 0.6 is 0 Å². The van der Waals surface area contributed by atoms with Gasteiger partial charge in [-0.2, -0.15) is 0 Å². The number of alkyl halides is 1. The lowest BCUT2D eigenvalue weighted by Gasteiger charge is -2.24. The number of halogens is 1. The molecule has 0 radical (unpaired) electrons. The molecule has 1 rings (SSSR count). The lowest BCUT2D eigenvalue weighted by molar-refractivity contribution is -0.118. The van der Waals surface area contributed by atoms with Crippen LogP contribution in [0, 0.1) is 0 Å². The summed E-state index contributed by atoms with van der Waals surface area (Å²) in [5.74, 6) is -0.336. The Bertz CT molecular complexity index is 411. The number of dihydropyridines is 1. The Morgan fingerprint density at radius 2 is 2.20 bits per heavy atom. The number of amides is 1. The van der Waals surface area contributed by atoms with Gasteiger partial charge in [-0.15, -0.1) is 0 Å². The van der Waals surface area contributed by atoms with Crippen molar-refractivity contribution >= 4 is 5.91 Å². The van der Waals surface area contributed by atoms with E-state index < -0.39 is 11.8 Å². The molecule has 1 aliphatic rings. The topological polar surface area (TPSA) is 73.4 Å². The summed E-state index contributed by atoms with van der Waals surface area (Å²) in [4.78, 5) is 12.1. The zero-order chi connectivity index (χ0) is 15.3. The monoisotopic (exact) mass is 285 g/mol. The molecule has 0 saturated carbocycles. The average molecular weight is 285 g/mol. The second kappa shape index (κ2) is 6.74. The number of aliphatic hydroxyl groups is 1. The highest BCUT2D eigenvalue weighted by atomic mass is 19.1. The molecule has 0 fully saturated rings. The van der Waals surface area contributed by atoms with Gasteiger partial charge < -0.3 is 21.1 Å². The van der Waals surface area contributed by atoms with E-state index >= 15 is 0 Å². The van der Waals surface area contributed by atoms with Gasteiger partial charge in [-0.25, -0.2) is 4.39 Å². The van der Waals surface area contributed by atoms with Crippen molar-refractivity contribution in [2.75, 3.05) is 13.1 Å². The van der Waals surface area contributed by atoms with Crippen LogP contribution in [0.15, 0.2) is 23.5 Å². The summed E-state index contributed by atoms with van der Waals surface area (Å²) in [6.45, 7) is 6.87. The van der Waals surface area contributed by atoms with Crippen LogP contribution < -0.4 is 16.0 Å². The van der Waals surface area contributed by atoms with Gasteiger partial charge in [0.05, 0.1) is 17.7 Å². The standard InChI is InChI=1S/C14H24FN3O2/c1-9(2)18-11-5-6-16-7-10(11)13(19)17-8-12(15)14(3,4)20/h5-6,9,12,16,18,20H,7-8H2,1-4H3,(H,17,19). The van der Waals surface area contributed by atoms with Gasteiger partial charge in [0, 0.05) is 18.3 Å². The molecule has 0 aromatic heterocycles. The van der Waals surface area contributed by atoms with E-state index in [0.29, 0.717) is 12.1 Å². The third-order valence-electron chi connectivity index (χ3n) is 2.90. The molecule has 1 amide bonds. The number of rotatable bonds is 6. The number of carbonyl (C=O) groups is 1. The van der Waals surface area contributed by atoms with Gasteiger partial charge in [0.2, 0.25) is 0 Å². The Hall–Kier alpha value is -1.56. The lowest BCUT2D eigenvalue weighted by atomic mass is 10.0. The molecule has 20 heavy (non-hydrogen) atoms. The maximum Gasteiger partial charge on any atom is 0.251 e. The summed E-state index contributed by atoms with van der Waals surface area (Å²) in [6.07, 6.45) is 2.03. The molecule has 1 unspecified atom stereocenters. The van der Waals surface area contributed by atoms with Crippen LogP contribution in [0.4, 0.5) is 4.39 Å². The van der Waals surface area contributed by atoms with Gasteiger partial charge in [0.15, 0.2) is 0 Å². The molecule has 0 spiro atoms. The van der Waals surface area contributed by atoms with Crippen molar-refractivity contribution in [2.45, 2.75) is 45.5 Å². The predicted molar refractivity (Wildman–Crippen MR) is 76.6 cm³/mol. The molecule has 4 N–H and O–H groups in total. The maximum absolute atomic E-state index is 13.6. The van der Waals surface area contributed by atoms with E-state index in [2.05, 4.69) is 16.0 Å². The fourth-order valence-corrected chi connectivity index (χ4v) is 1.69. The van der Waals surface area contributed by atoms with E-state index in [9.17, 15) is 14.3 Å². The Kier molecular flexibility index (Phi) is 5.56. The minimum Gasteiger partial charge on any atom is -0.387 e. The molecular formula is C14H24FN3O2. The van der Waals surface area contributed by atoms with Crippen molar-refractivity contribution in [1.82, 2.24) is 16.0 Å². The van der Waals surface area contributed by atoms with Gasteiger partial charge in [-0.05, 0) is 40.0 Å². The quantitative estimate of drug-likeness (QED) is 0.576. The van der Waals surface area contributed by atoms with E-state index in [1.54, 1.807) is 12.3 Å². The average Bonchev–Trinajstić information content (AvgIpc) is 2.34. The summed E-state index contributed by atoms with van der Waals surface area (Å²) in [6, 6.07) is 0.195. The van der Waals surface area contributed by atoms with Crippen LogP contribution in [0.2, 0.25) is 0 Å². The first-order chi connectivity index (χ1) is 9.21. The first-order valence-electron chi connectivity index (χ1n) is 6.76. The molecule has 0 aromatic rings. The molecule has 6 heteroatoms. The summed E-state index contributed by atoms with van der Waals surface area (Å²) in [7, 11) is 0. The fourth-order valence-electron chi connectivity index (χ4n) is 1.69. The van der Waals surface area contributed by atoms with Crippen molar-refractivity contribution in [2.24, 2.45) is 0 Å². The van der Waals surface area contributed by atoms with E-state index in [-0.39, 0.29) is 18.5 Å². The van der Waals surface area contributed by atoms with Gasteiger partial charge in [-0.1, -0.05) is 0 Å². The molecule has 0 saturated heterocycles. The van der Waals surface area contributed by atoms with E-state index in [4.69, 9.17) is 0 Å². The first kappa shape index (κ1) is 16.5. The minimum atomic E-state index is -1.51. The van der Waals surface area contributed by atoms with E-state index in [1.165, 1.54) is 13.8 Å². The van der Waals surface area contributed by atoms with Crippen molar-refractivity contribution in [3.05, 3.63) is 23.5 Å². The Morgan fingerprint density at radius 3 is 2.75 bits per heavy atom. The molecule has 1 aliphatic heterocycles. The van der Waals surface area contributed by atoms with E-state index in [0.717, 1.165) is 5.70 Å². The molecule has 0 aliphatic carbocycles. The molecule has 0 bridgehead atoms. The second-order valence-corrected chi connectivity index (χ2v) is 5.74. The minimum absolute atomic E-state index is 0.195. The van der Waals surface area contributed by atoms with Crippen molar-refractivity contribution in [1.29, 1.82) is 0 Å². The fraction of sp³-hybridized carbons (Fsp3) is 0.643. The molecule has 114 valence electrons. The summed E-state index contributed by atoms with van der Waals surface area (Å²) >= 11 is 0. The smallest absolute Gasteiger partial charge is 0.251 e. The number of hydrogen-bond acceptors (Lipinski definition) is 4. The van der Waals surface area contributed by atoms with Crippen LogP contribution in [0.25, 0.3) is 0 Å². The predicted octanol–water partition coefficient (Wildman–Crippen LogP) is 0.581.